The fourth-order valence-electron chi connectivity index (χ4n) is 4.64. The van der Waals surface area contributed by atoms with Crippen molar-refractivity contribution in [1.82, 2.24) is 10.2 Å². The molecule has 3 heteroatoms. The lowest BCUT2D eigenvalue weighted by Gasteiger charge is -2.32. The molecule has 21 heavy (non-hydrogen) atoms. The maximum Gasteiger partial charge on any atom is 0.0614 e. The van der Waals surface area contributed by atoms with E-state index in [9.17, 15) is 5.11 Å². The fourth-order valence-corrected chi connectivity index (χ4v) is 4.64. The molecule has 2 N–H and O–H groups in total. The van der Waals surface area contributed by atoms with Crippen LogP contribution in [-0.2, 0) is 0 Å². The number of nitrogens with one attached hydrogen (secondary N) is 1. The summed E-state index contributed by atoms with van der Waals surface area (Å²) in [6.07, 6.45) is 13.2. The van der Waals surface area contributed by atoms with Crippen molar-refractivity contribution in [3.05, 3.63) is 0 Å². The molecule has 1 aliphatic heterocycles. The molecule has 122 valence electrons. The highest BCUT2D eigenvalue weighted by atomic mass is 16.3. The fraction of sp³-hybridized carbons (Fsp3) is 1.00. The third-order valence-corrected chi connectivity index (χ3v) is 6.07. The smallest absolute Gasteiger partial charge is 0.0614 e. The van der Waals surface area contributed by atoms with E-state index in [-0.39, 0.29) is 5.54 Å². The Kier molecular flexibility index (Phi) is 5.23. The number of aliphatic hydroxyl groups is 1. The van der Waals surface area contributed by atoms with Gasteiger partial charge in [-0.15, -0.1) is 0 Å². The van der Waals surface area contributed by atoms with Gasteiger partial charge in [0.05, 0.1) is 6.61 Å². The van der Waals surface area contributed by atoms with Gasteiger partial charge in [0.2, 0.25) is 0 Å². The van der Waals surface area contributed by atoms with Crippen molar-refractivity contribution < 1.29 is 5.11 Å². The van der Waals surface area contributed by atoms with Crippen LogP contribution in [0.25, 0.3) is 0 Å². The van der Waals surface area contributed by atoms with Crippen LogP contribution in [0.15, 0.2) is 0 Å². The van der Waals surface area contributed by atoms with E-state index in [1.165, 1.54) is 77.3 Å². The van der Waals surface area contributed by atoms with Crippen LogP contribution in [0.1, 0.15) is 71.1 Å². The second-order valence-corrected chi connectivity index (χ2v) is 7.88. The number of nitrogens with zero attached hydrogens (tertiary/aromatic N) is 1. The van der Waals surface area contributed by atoms with Crippen molar-refractivity contribution in [2.45, 2.75) is 88.8 Å². The van der Waals surface area contributed by atoms with Crippen LogP contribution in [0.5, 0.6) is 0 Å². The Hall–Kier alpha value is -0.120. The van der Waals surface area contributed by atoms with Gasteiger partial charge in [0.15, 0.2) is 0 Å². The molecule has 0 aromatic heterocycles. The molecule has 0 amide bonds. The third-order valence-electron chi connectivity index (χ3n) is 6.07. The predicted molar refractivity (Wildman–Crippen MR) is 87.4 cm³/mol. The van der Waals surface area contributed by atoms with Crippen LogP contribution in [0.3, 0.4) is 0 Å². The first-order valence-electron chi connectivity index (χ1n) is 9.37. The predicted octanol–water partition coefficient (Wildman–Crippen LogP) is 2.92. The number of aliphatic hydroxyl groups excluding tert-OH is 1. The van der Waals surface area contributed by atoms with E-state index in [1.54, 1.807) is 0 Å². The van der Waals surface area contributed by atoms with Gasteiger partial charge >= 0.3 is 0 Å². The van der Waals surface area contributed by atoms with Crippen LogP contribution >= 0.6 is 0 Å². The molecule has 0 bridgehead atoms. The van der Waals surface area contributed by atoms with Crippen LogP contribution in [-0.4, -0.2) is 47.3 Å². The first kappa shape index (κ1) is 15.8. The molecule has 3 atom stereocenters. The summed E-state index contributed by atoms with van der Waals surface area (Å²) in [7, 11) is 0. The molecule has 3 nitrogen and oxygen atoms in total. The number of likely N-dealkylation sites (tertiary alicyclic amines) is 1. The number of hydrogen-bond donors (Lipinski definition) is 2. The van der Waals surface area contributed by atoms with Gasteiger partial charge in [-0.25, -0.2) is 0 Å². The van der Waals surface area contributed by atoms with Gasteiger partial charge in [-0.3, -0.25) is 0 Å². The largest absolute Gasteiger partial charge is 0.394 e. The maximum absolute atomic E-state index is 9.90. The summed E-state index contributed by atoms with van der Waals surface area (Å²) >= 11 is 0. The lowest BCUT2D eigenvalue weighted by atomic mass is 9.96. The average Bonchev–Trinajstić information content (AvgIpc) is 3.24. The lowest BCUT2D eigenvalue weighted by Crippen LogP contribution is -2.49. The summed E-state index contributed by atoms with van der Waals surface area (Å²) in [6, 6.07) is 1.41. The third kappa shape index (κ3) is 4.00. The minimum Gasteiger partial charge on any atom is -0.394 e. The summed E-state index contributed by atoms with van der Waals surface area (Å²) < 4.78 is 0. The molecule has 0 spiro atoms. The molecule has 0 radical (unpaired) electrons. The van der Waals surface area contributed by atoms with Crippen LogP contribution in [0.4, 0.5) is 0 Å². The summed E-state index contributed by atoms with van der Waals surface area (Å²) in [5, 5.41) is 13.6. The Morgan fingerprint density at radius 1 is 1.14 bits per heavy atom. The zero-order chi connectivity index (χ0) is 14.7. The highest BCUT2D eigenvalue weighted by Gasteiger charge is 2.43. The van der Waals surface area contributed by atoms with E-state index < -0.39 is 0 Å². The molecular weight excluding hydrogens is 260 g/mol. The maximum atomic E-state index is 9.90. The van der Waals surface area contributed by atoms with Crippen LogP contribution in [0, 0.1) is 5.92 Å². The molecular formula is C18H34N2O. The minimum absolute atomic E-state index is 0.0426. The molecule has 3 rings (SSSR count). The molecule has 3 fully saturated rings. The Bertz CT molecular complexity index is 331. The van der Waals surface area contributed by atoms with Crippen molar-refractivity contribution in [3.8, 4) is 0 Å². The lowest BCUT2D eigenvalue weighted by molar-refractivity contribution is 0.141. The molecule has 2 aliphatic carbocycles. The first-order chi connectivity index (χ1) is 10.2. The molecule has 1 saturated heterocycles. The highest BCUT2D eigenvalue weighted by Crippen LogP contribution is 2.37. The average molecular weight is 294 g/mol. The van der Waals surface area contributed by atoms with Crippen molar-refractivity contribution >= 4 is 0 Å². The zero-order valence-corrected chi connectivity index (χ0v) is 13.8. The van der Waals surface area contributed by atoms with Gasteiger partial charge in [0.1, 0.15) is 0 Å². The molecule has 1 heterocycles. The van der Waals surface area contributed by atoms with Crippen molar-refractivity contribution in [2.24, 2.45) is 5.92 Å². The summed E-state index contributed by atoms with van der Waals surface area (Å²) in [6.45, 7) is 5.22. The SMILES string of the molecule is CCCC1CCCN(C2CCC(CO)(NC3CC3)C2)CC1. The molecule has 3 aliphatic rings. The first-order valence-corrected chi connectivity index (χ1v) is 9.37. The molecule has 0 aromatic carbocycles. The van der Waals surface area contributed by atoms with Gasteiger partial charge < -0.3 is 15.3 Å². The normalized spacial score (nSPS) is 38.6. The van der Waals surface area contributed by atoms with E-state index in [0.29, 0.717) is 18.7 Å². The summed E-state index contributed by atoms with van der Waals surface area (Å²) in [4.78, 5) is 2.75. The van der Waals surface area contributed by atoms with Gasteiger partial charge in [0.25, 0.3) is 0 Å². The highest BCUT2D eigenvalue weighted by molar-refractivity contribution is 5.03. The second kappa shape index (κ2) is 6.97. The van der Waals surface area contributed by atoms with Crippen LogP contribution < -0.4 is 5.32 Å². The number of rotatable bonds is 6. The van der Waals surface area contributed by atoms with Gasteiger partial charge in [-0.2, -0.15) is 0 Å². The van der Waals surface area contributed by atoms with E-state index in [2.05, 4.69) is 17.1 Å². The standard InChI is InChI=1S/C18H34N2O/c1-2-4-15-5-3-11-20(12-9-15)17-8-10-18(13-17,14-21)19-16-6-7-16/h15-17,19,21H,2-14H2,1H3. The minimum atomic E-state index is 0.0426. The number of hydrogen-bond acceptors (Lipinski definition) is 3. The van der Waals surface area contributed by atoms with E-state index in [0.717, 1.165) is 5.92 Å². The van der Waals surface area contributed by atoms with Crippen LogP contribution in [0.2, 0.25) is 0 Å². The quantitative estimate of drug-likeness (QED) is 0.790. The van der Waals surface area contributed by atoms with Gasteiger partial charge in [0, 0.05) is 17.6 Å². The Morgan fingerprint density at radius 2 is 2.00 bits per heavy atom. The summed E-state index contributed by atoms with van der Waals surface area (Å²) in [5.41, 5.74) is 0.0426. The summed E-state index contributed by atoms with van der Waals surface area (Å²) in [5.74, 6) is 0.966. The van der Waals surface area contributed by atoms with Gasteiger partial charge in [-0.1, -0.05) is 19.8 Å². The molecule has 0 aromatic rings. The monoisotopic (exact) mass is 294 g/mol. The van der Waals surface area contributed by atoms with E-state index in [1.807, 2.05) is 0 Å². The van der Waals surface area contributed by atoms with Crippen molar-refractivity contribution in [1.29, 1.82) is 0 Å². The topological polar surface area (TPSA) is 35.5 Å². The van der Waals surface area contributed by atoms with Crippen molar-refractivity contribution in [3.63, 3.8) is 0 Å². The Balaban J connectivity index is 1.52. The second-order valence-electron chi connectivity index (χ2n) is 7.88. The molecule has 3 unspecified atom stereocenters. The van der Waals surface area contributed by atoms with Crippen molar-refractivity contribution in [2.75, 3.05) is 19.7 Å². The van der Waals surface area contributed by atoms with E-state index >= 15 is 0 Å². The van der Waals surface area contributed by atoms with Gasteiger partial charge in [-0.05, 0) is 70.4 Å². The Labute approximate surface area is 130 Å². The van der Waals surface area contributed by atoms with E-state index in [4.69, 9.17) is 0 Å². The zero-order valence-electron chi connectivity index (χ0n) is 13.8. The molecule has 2 saturated carbocycles. The Morgan fingerprint density at radius 3 is 2.71 bits per heavy atom.